The molecule has 8 nitrogen and oxygen atoms in total. The zero-order chi connectivity index (χ0) is 24.9. The van der Waals surface area contributed by atoms with E-state index in [2.05, 4.69) is 0 Å². The standard InChI is InChI=1S/C26H28ClN3O5/c1-4-35-26(32)17-8-7-13-29(16-17)25(31)23-15-21(19-12-11-18(33-2)14-24(19)34-3)28-30(23)22-10-6-5-9-20(22)27/h5-6,9-12,14-15,17H,4,7-8,13,16H2,1-3H3. The third-order valence-electron chi connectivity index (χ3n) is 6.02. The molecule has 0 saturated carbocycles. The Hall–Kier alpha value is -3.52. The Morgan fingerprint density at radius 1 is 1.11 bits per heavy atom. The van der Waals surface area contributed by atoms with Crippen LogP contribution in [0, 0.1) is 5.92 Å². The Morgan fingerprint density at radius 2 is 1.91 bits per heavy atom. The summed E-state index contributed by atoms with van der Waals surface area (Å²) in [7, 11) is 3.15. The van der Waals surface area contributed by atoms with Crippen molar-refractivity contribution in [3.05, 3.63) is 59.2 Å². The molecule has 1 amide bonds. The van der Waals surface area contributed by atoms with Gasteiger partial charge in [-0.2, -0.15) is 5.10 Å². The fourth-order valence-corrected chi connectivity index (χ4v) is 4.47. The summed E-state index contributed by atoms with van der Waals surface area (Å²) in [6.07, 6.45) is 1.41. The second kappa shape index (κ2) is 10.8. The Labute approximate surface area is 209 Å². The minimum absolute atomic E-state index is 0.231. The number of carbonyl (C=O) groups excluding carboxylic acids is 2. The number of halogens is 1. The lowest BCUT2D eigenvalue weighted by Gasteiger charge is -2.31. The lowest BCUT2D eigenvalue weighted by molar-refractivity contribution is -0.149. The highest BCUT2D eigenvalue weighted by Gasteiger charge is 2.32. The summed E-state index contributed by atoms with van der Waals surface area (Å²) in [5.41, 5.74) is 2.17. The largest absolute Gasteiger partial charge is 0.497 e. The van der Waals surface area contributed by atoms with Crippen molar-refractivity contribution >= 4 is 23.5 Å². The van der Waals surface area contributed by atoms with Gasteiger partial charge >= 0.3 is 5.97 Å². The second-order valence-corrected chi connectivity index (χ2v) is 8.59. The van der Waals surface area contributed by atoms with E-state index < -0.39 is 0 Å². The van der Waals surface area contributed by atoms with Gasteiger partial charge in [0.05, 0.1) is 43.1 Å². The topological polar surface area (TPSA) is 82.9 Å². The third kappa shape index (κ3) is 5.12. The fourth-order valence-electron chi connectivity index (χ4n) is 4.26. The number of aromatic nitrogens is 2. The van der Waals surface area contributed by atoms with Gasteiger partial charge in [-0.3, -0.25) is 9.59 Å². The van der Waals surface area contributed by atoms with E-state index in [1.807, 2.05) is 24.3 Å². The number of ether oxygens (including phenoxy) is 3. The van der Waals surface area contributed by atoms with E-state index in [1.165, 1.54) is 0 Å². The smallest absolute Gasteiger partial charge is 0.310 e. The molecule has 4 rings (SSSR count). The number of piperidine rings is 1. The normalized spacial score (nSPS) is 15.5. The molecule has 1 aliphatic rings. The molecule has 1 atom stereocenters. The van der Waals surface area contributed by atoms with Crippen LogP contribution in [-0.2, 0) is 9.53 Å². The molecule has 1 unspecified atom stereocenters. The molecule has 1 fully saturated rings. The Balaban J connectivity index is 1.76. The first-order valence-corrected chi connectivity index (χ1v) is 11.9. The summed E-state index contributed by atoms with van der Waals surface area (Å²) >= 11 is 6.49. The van der Waals surface area contributed by atoms with Gasteiger partial charge in [-0.1, -0.05) is 23.7 Å². The first kappa shape index (κ1) is 24.6. The van der Waals surface area contributed by atoms with Crippen molar-refractivity contribution in [3.8, 4) is 28.4 Å². The second-order valence-electron chi connectivity index (χ2n) is 8.19. The van der Waals surface area contributed by atoms with Gasteiger partial charge in [0.1, 0.15) is 17.2 Å². The van der Waals surface area contributed by atoms with Crippen LogP contribution in [0.25, 0.3) is 16.9 Å². The van der Waals surface area contributed by atoms with Crippen LogP contribution in [0.15, 0.2) is 48.5 Å². The number of nitrogens with zero attached hydrogens (tertiary/aromatic N) is 3. The number of amides is 1. The number of para-hydroxylation sites is 1. The molecule has 184 valence electrons. The van der Waals surface area contributed by atoms with Crippen LogP contribution in [0.2, 0.25) is 5.02 Å². The van der Waals surface area contributed by atoms with Crippen molar-refractivity contribution in [1.29, 1.82) is 0 Å². The lowest BCUT2D eigenvalue weighted by atomic mass is 9.98. The summed E-state index contributed by atoms with van der Waals surface area (Å²) in [6.45, 7) is 2.94. The predicted molar refractivity (Wildman–Crippen MR) is 132 cm³/mol. The number of esters is 1. The summed E-state index contributed by atoms with van der Waals surface area (Å²) in [4.78, 5) is 27.8. The fraction of sp³-hybridized carbons (Fsp3) is 0.346. The van der Waals surface area contributed by atoms with Gasteiger partial charge in [-0.05, 0) is 50.1 Å². The van der Waals surface area contributed by atoms with Gasteiger partial charge in [-0.25, -0.2) is 4.68 Å². The zero-order valence-electron chi connectivity index (χ0n) is 20.0. The van der Waals surface area contributed by atoms with Crippen LogP contribution in [0.3, 0.4) is 0 Å². The first-order chi connectivity index (χ1) is 17.0. The molecular weight excluding hydrogens is 470 g/mol. The average Bonchev–Trinajstić information content (AvgIpc) is 3.33. The van der Waals surface area contributed by atoms with E-state index in [1.54, 1.807) is 55.0 Å². The van der Waals surface area contributed by atoms with E-state index in [4.69, 9.17) is 30.9 Å². The maximum Gasteiger partial charge on any atom is 0.310 e. The molecule has 9 heteroatoms. The van der Waals surface area contributed by atoms with E-state index >= 15 is 0 Å². The van der Waals surface area contributed by atoms with E-state index in [0.29, 0.717) is 71.7 Å². The van der Waals surface area contributed by atoms with Crippen LogP contribution in [0.1, 0.15) is 30.3 Å². The minimum Gasteiger partial charge on any atom is -0.497 e. The highest BCUT2D eigenvalue weighted by Crippen LogP contribution is 2.34. The maximum atomic E-state index is 13.7. The third-order valence-corrected chi connectivity index (χ3v) is 6.34. The molecule has 2 heterocycles. The predicted octanol–water partition coefficient (Wildman–Crippen LogP) is 4.63. The van der Waals surface area contributed by atoms with Crippen molar-refractivity contribution in [2.24, 2.45) is 5.92 Å². The number of hydrogen-bond donors (Lipinski definition) is 0. The van der Waals surface area contributed by atoms with Gasteiger partial charge in [0.2, 0.25) is 0 Å². The first-order valence-electron chi connectivity index (χ1n) is 11.5. The Kier molecular flexibility index (Phi) is 7.60. The highest BCUT2D eigenvalue weighted by molar-refractivity contribution is 6.32. The Morgan fingerprint density at radius 3 is 2.63 bits per heavy atom. The molecular formula is C26H28ClN3O5. The number of carbonyl (C=O) groups is 2. The van der Waals surface area contributed by atoms with Crippen LogP contribution >= 0.6 is 11.6 Å². The van der Waals surface area contributed by atoms with Crippen molar-refractivity contribution in [2.45, 2.75) is 19.8 Å². The van der Waals surface area contributed by atoms with Gasteiger partial charge in [0.25, 0.3) is 5.91 Å². The number of rotatable bonds is 7. The molecule has 1 aliphatic heterocycles. The van der Waals surface area contributed by atoms with Crippen LogP contribution in [-0.4, -0.2) is 60.5 Å². The number of benzene rings is 2. The molecule has 35 heavy (non-hydrogen) atoms. The van der Waals surface area contributed by atoms with Crippen molar-refractivity contribution in [2.75, 3.05) is 33.9 Å². The summed E-state index contributed by atoms with van der Waals surface area (Å²) in [5.74, 6) is 0.363. The Bertz CT molecular complexity index is 1230. The van der Waals surface area contributed by atoms with Gasteiger partial charge < -0.3 is 19.1 Å². The molecule has 0 N–H and O–H groups in total. The SMILES string of the molecule is CCOC(=O)C1CCCN(C(=O)c2cc(-c3ccc(OC)cc3OC)nn2-c2ccccc2Cl)C1. The van der Waals surface area contributed by atoms with Crippen molar-refractivity contribution in [3.63, 3.8) is 0 Å². The summed E-state index contributed by atoms with van der Waals surface area (Å²) in [5, 5.41) is 5.21. The van der Waals surface area contributed by atoms with Crippen LogP contribution in [0.5, 0.6) is 11.5 Å². The van der Waals surface area contributed by atoms with Gasteiger partial charge in [0, 0.05) is 24.7 Å². The maximum absolute atomic E-state index is 13.7. The average molecular weight is 498 g/mol. The van der Waals surface area contributed by atoms with E-state index in [0.717, 1.165) is 0 Å². The molecule has 2 aromatic carbocycles. The number of methoxy groups -OCH3 is 2. The minimum atomic E-state index is -0.342. The highest BCUT2D eigenvalue weighted by atomic mass is 35.5. The van der Waals surface area contributed by atoms with E-state index in [-0.39, 0.29) is 17.8 Å². The molecule has 3 aromatic rings. The van der Waals surface area contributed by atoms with Crippen molar-refractivity contribution < 1.29 is 23.8 Å². The number of likely N-dealkylation sites (tertiary alicyclic amines) is 1. The molecule has 0 spiro atoms. The molecule has 0 radical (unpaired) electrons. The quantitative estimate of drug-likeness (QED) is 0.443. The van der Waals surface area contributed by atoms with Crippen LogP contribution in [0.4, 0.5) is 0 Å². The summed E-state index contributed by atoms with van der Waals surface area (Å²) in [6, 6.07) is 14.3. The number of hydrogen-bond acceptors (Lipinski definition) is 6. The summed E-state index contributed by atoms with van der Waals surface area (Å²) < 4.78 is 17.6. The van der Waals surface area contributed by atoms with Gasteiger partial charge in [0.15, 0.2) is 0 Å². The molecule has 0 aliphatic carbocycles. The molecule has 1 saturated heterocycles. The lowest BCUT2D eigenvalue weighted by Crippen LogP contribution is -2.43. The molecule has 0 bridgehead atoms. The zero-order valence-corrected chi connectivity index (χ0v) is 20.7. The van der Waals surface area contributed by atoms with Gasteiger partial charge in [-0.15, -0.1) is 0 Å². The van der Waals surface area contributed by atoms with Crippen molar-refractivity contribution in [1.82, 2.24) is 14.7 Å². The van der Waals surface area contributed by atoms with Crippen LogP contribution < -0.4 is 9.47 Å². The monoisotopic (exact) mass is 497 g/mol. The molecule has 1 aromatic heterocycles. The van der Waals surface area contributed by atoms with E-state index in [9.17, 15) is 9.59 Å².